The lowest BCUT2D eigenvalue weighted by molar-refractivity contribution is -0.120. The highest BCUT2D eigenvalue weighted by atomic mass is 16.5. The van der Waals surface area contributed by atoms with Crippen molar-refractivity contribution in [3.8, 4) is 11.6 Å². The third kappa shape index (κ3) is 4.81. The van der Waals surface area contributed by atoms with Crippen molar-refractivity contribution < 1.29 is 14.3 Å². The van der Waals surface area contributed by atoms with Gasteiger partial charge in [-0.1, -0.05) is 0 Å². The van der Waals surface area contributed by atoms with E-state index in [-0.39, 0.29) is 5.91 Å². The summed E-state index contributed by atoms with van der Waals surface area (Å²) in [5, 5.41) is 7.97. The number of hydrogen-bond acceptors (Lipinski definition) is 4. The van der Waals surface area contributed by atoms with Crippen molar-refractivity contribution in [3.63, 3.8) is 0 Å². The van der Waals surface area contributed by atoms with E-state index in [4.69, 9.17) is 9.47 Å². The van der Waals surface area contributed by atoms with Gasteiger partial charge < -0.3 is 19.8 Å². The quantitative estimate of drug-likeness (QED) is 0.568. The van der Waals surface area contributed by atoms with Crippen molar-refractivity contribution in [3.05, 3.63) is 41.7 Å². The summed E-state index contributed by atoms with van der Waals surface area (Å²) in [7, 11) is 3.52. The third-order valence-corrected chi connectivity index (χ3v) is 4.49. The second-order valence-corrected chi connectivity index (χ2v) is 6.49. The molecule has 0 fully saturated rings. The van der Waals surface area contributed by atoms with Gasteiger partial charge in [0.15, 0.2) is 0 Å². The summed E-state index contributed by atoms with van der Waals surface area (Å²) in [6.07, 6.45) is 4.04. The van der Waals surface area contributed by atoms with E-state index in [1.54, 1.807) is 11.7 Å². The number of nitrogens with one attached hydrogen (secondary N) is 2. The van der Waals surface area contributed by atoms with Gasteiger partial charge in [0, 0.05) is 49.4 Å². The smallest absolute Gasteiger partial charge is 0.232 e. The molecular weight excluding hydrogens is 344 g/mol. The molecule has 0 saturated carbocycles. The van der Waals surface area contributed by atoms with Crippen LogP contribution in [0.25, 0.3) is 10.9 Å². The molecule has 0 unspecified atom stereocenters. The van der Waals surface area contributed by atoms with Crippen molar-refractivity contribution in [2.75, 3.05) is 20.3 Å². The normalized spacial score (nSPS) is 10.9. The first kappa shape index (κ1) is 18.8. The number of aromatic nitrogens is 3. The zero-order chi connectivity index (χ0) is 19.2. The zero-order valence-electron chi connectivity index (χ0n) is 16.0. The summed E-state index contributed by atoms with van der Waals surface area (Å²) in [5.41, 5.74) is 3.46. The summed E-state index contributed by atoms with van der Waals surface area (Å²) in [6.45, 7) is 2.94. The Bertz CT molecular complexity index is 913. The molecule has 7 heteroatoms. The number of benzene rings is 1. The number of rotatable bonds is 9. The number of carbonyl (C=O) groups is 1. The molecule has 0 spiro atoms. The number of aryl methyl sites for hydroxylation is 3. The van der Waals surface area contributed by atoms with Crippen LogP contribution in [0, 0.1) is 6.92 Å². The van der Waals surface area contributed by atoms with E-state index in [0.29, 0.717) is 25.5 Å². The van der Waals surface area contributed by atoms with Gasteiger partial charge in [-0.2, -0.15) is 0 Å². The summed E-state index contributed by atoms with van der Waals surface area (Å²) in [5.74, 6) is 1.47. The van der Waals surface area contributed by atoms with E-state index in [9.17, 15) is 4.79 Å². The summed E-state index contributed by atoms with van der Waals surface area (Å²) >= 11 is 0. The molecule has 0 atom stereocenters. The Morgan fingerprint density at radius 3 is 2.81 bits per heavy atom. The molecular formula is C20H26N4O3. The predicted molar refractivity (Wildman–Crippen MR) is 104 cm³/mol. The minimum absolute atomic E-state index is 0.0735. The fourth-order valence-corrected chi connectivity index (χ4v) is 3.10. The number of hydrogen-bond donors (Lipinski definition) is 2. The topological polar surface area (TPSA) is 81.2 Å². The first-order valence-electron chi connectivity index (χ1n) is 9.14. The lowest BCUT2D eigenvalue weighted by atomic mass is 10.0. The van der Waals surface area contributed by atoms with Crippen LogP contribution in [0.3, 0.4) is 0 Å². The Hall–Kier alpha value is -2.96. The highest BCUT2D eigenvalue weighted by molar-refractivity contribution is 5.86. The maximum atomic E-state index is 11.4. The van der Waals surface area contributed by atoms with Crippen LogP contribution in [-0.2, 0) is 18.3 Å². The molecule has 2 aromatic heterocycles. The predicted octanol–water partition coefficient (Wildman–Crippen LogP) is 2.74. The Morgan fingerprint density at radius 2 is 2.07 bits per heavy atom. The van der Waals surface area contributed by atoms with Gasteiger partial charge in [-0.05, 0) is 43.5 Å². The van der Waals surface area contributed by atoms with Crippen molar-refractivity contribution in [2.24, 2.45) is 7.05 Å². The molecule has 2 heterocycles. The molecule has 0 aliphatic heterocycles. The molecule has 7 nitrogen and oxygen atoms in total. The van der Waals surface area contributed by atoms with E-state index in [0.717, 1.165) is 35.2 Å². The third-order valence-electron chi connectivity index (χ3n) is 4.49. The second-order valence-electron chi connectivity index (χ2n) is 6.49. The van der Waals surface area contributed by atoms with Crippen molar-refractivity contribution >= 4 is 16.8 Å². The molecule has 27 heavy (non-hydrogen) atoms. The maximum absolute atomic E-state index is 11.4. The number of aromatic amines is 1. The Balaban J connectivity index is 1.59. The molecule has 0 bridgehead atoms. The minimum atomic E-state index is 0.0735. The van der Waals surface area contributed by atoms with Crippen molar-refractivity contribution in [1.29, 1.82) is 0 Å². The SMILES string of the molecule is CNC(=O)CCCc1c(C)[nH]c2ccc(OCCOc3ccn(C)n3)cc12. The molecule has 3 rings (SSSR count). The Kier molecular flexibility index (Phi) is 6.01. The zero-order valence-corrected chi connectivity index (χ0v) is 16.0. The molecule has 0 radical (unpaired) electrons. The molecule has 0 saturated heterocycles. The number of fused-ring (bicyclic) bond motifs is 1. The van der Waals surface area contributed by atoms with E-state index in [2.05, 4.69) is 28.4 Å². The summed E-state index contributed by atoms with van der Waals surface area (Å²) < 4.78 is 13.1. The molecule has 0 aliphatic carbocycles. The largest absolute Gasteiger partial charge is 0.490 e. The van der Waals surface area contributed by atoms with Crippen LogP contribution in [-0.4, -0.2) is 40.9 Å². The standard InChI is InChI=1S/C20H26N4O3/c1-14-16(5-4-6-19(25)21-2)17-13-15(7-8-18(17)22-14)26-11-12-27-20-9-10-24(3)23-20/h7-10,13,22H,4-6,11-12H2,1-3H3,(H,21,25). The minimum Gasteiger partial charge on any atom is -0.490 e. The van der Waals surface area contributed by atoms with Crippen LogP contribution < -0.4 is 14.8 Å². The number of ether oxygens (including phenoxy) is 2. The fraction of sp³-hybridized carbons (Fsp3) is 0.400. The van der Waals surface area contributed by atoms with Crippen LogP contribution in [0.15, 0.2) is 30.5 Å². The average molecular weight is 370 g/mol. The molecule has 1 aromatic carbocycles. The average Bonchev–Trinajstić information content (AvgIpc) is 3.21. The van der Waals surface area contributed by atoms with Crippen LogP contribution >= 0.6 is 0 Å². The van der Waals surface area contributed by atoms with Gasteiger partial charge in [-0.25, -0.2) is 0 Å². The highest BCUT2D eigenvalue weighted by Crippen LogP contribution is 2.27. The van der Waals surface area contributed by atoms with Crippen LogP contribution in [0.1, 0.15) is 24.1 Å². The van der Waals surface area contributed by atoms with Gasteiger partial charge in [0.1, 0.15) is 19.0 Å². The van der Waals surface area contributed by atoms with Gasteiger partial charge in [-0.15, -0.1) is 5.10 Å². The Morgan fingerprint density at radius 1 is 1.26 bits per heavy atom. The molecule has 144 valence electrons. The van der Waals surface area contributed by atoms with E-state index >= 15 is 0 Å². The van der Waals surface area contributed by atoms with Gasteiger partial charge >= 0.3 is 0 Å². The summed E-state index contributed by atoms with van der Waals surface area (Å²) in [6, 6.07) is 7.85. The lowest BCUT2D eigenvalue weighted by Crippen LogP contribution is -2.17. The van der Waals surface area contributed by atoms with Crippen molar-refractivity contribution in [2.45, 2.75) is 26.2 Å². The number of H-pyrrole nitrogens is 1. The fourth-order valence-electron chi connectivity index (χ4n) is 3.10. The Labute approximate surface area is 158 Å². The second kappa shape index (κ2) is 8.62. The van der Waals surface area contributed by atoms with Crippen molar-refractivity contribution in [1.82, 2.24) is 20.1 Å². The van der Waals surface area contributed by atoms with E-state index in [1.165, 1.54) is 5.56 Å². The molecule has 3 aromatic rings. The van der Waals surface area contributed by atoms with E-state index in [1.807, 2.05) is 31.4 Å². The lowest BCUT2D eigenvalue weighted by Gasteiger charge is -2.08. The number of carbonyl (C=O) groups excluding carboxylic acids is 1. The molecule has 0 aliphatic rings. The van der Waals surface area contributed by atoms with Crippen LogP contribution in [0.2, 0.25) is 0 Å². The first-order valence-corrected chi connectivity index (χ1v) is 9.14. The van der Waals surface area contributed by atoms with Crippen LogP contribution in [0.4, 0.5) is 0 Å². The number of nitrogens with zero attached hydrogens (tertiary/aromatic N) is 2. The summed E-state index contributed by atoms with van der Waals surface area (Å²) in [4.78, 5) is 14.8. The highest BCUT2D eigenvalue weighted by Gasteiger charge is 2.10. The van der Waals surface area contributed by atoms with Gasteiger partial charge in [-0.3, -0.25) is 9.48 Å². The number of amides is 1. The van der Waals surface area contributed by atoms with Gasteiger partial charge in [0.05, 0.1) is 0 Å². The monoisotopic (exact) mass is 370 g/mol. The first-order chi connectivity index (χ1) is 13.1. The van der Waals surface area contributed by atoms with E-state index < -0.39 is 0 Å². The molecule has 1 amide bonds. The molecule has 2 N–H and O–H groups in total. The van der Waals surface area contributed by atoms with Gasteiger partial charge in [0.2, 0.25) is 11.8 Å². The van der Waals surface area contributed by atoms with Crippen LogP contribution in [0.5, 0.6) is 11.6 Å². The van der Waals surface area contributed by atoms with Gasteiger partial charge in [0.25, 0.3) is 0 Å². The maximum Gasteiger partial charge on any atom is 0.232 e.